The Balaban J connectivity index is 0.00000131. The second-order valence-electron chi connectivity index (χ2n) is 7.53. The number of halogens is 2. The van der Waals surface area contributed by atoms with Gasteiger partial charge in [-0.3, -0.25) is 4.79 Å². The molecule has 1 spiro atoms. The highest BCUT2D eigenvalue weighted by atomic mass is 35.5. The molecule has 2 aromatic heterocycles. The first-order chi connectivity index (χ1) is 12.1. The summed E-state index contributed by atoms with van der Waals surface area (Å²) >= 11 is 0. The van der Waals surface area contributed by atoms with E-state index in [1.165, 1.54) is 6.42 Å². The highest BCUT2D eigenvalue weighted by Crippen LogP contribution is 2.37. The van der Waals surface area contributed by atoms with Gasteiger partial charge < -0.3 is 14.8 Å². The van der Waals surface area contributed by atoms with Crippen LogP contribution in [0.25, 0.3) is 5.82 Å². The Labute approximate surface area is 173 Å². The average molecular weight is 411 g/mol. The molecule has 2 aliphatic heterocycles. The van der Waals surface area contributed by atoms with Crippen molar-refractivity contribution in [2.24, 2.45) is 5.41 Å². The van der Waals surface area contributed by atoms with Gasteiger partial charge in [-0.2, -0.15) is 0 Å². The number of carbonyl (C=O) groups is 1. The molecule has 1 N–H and O–H groups in total. The number of aromatic nitrogens is 2. The van der Waals surface area contributed by atoms with Crippen LogP contribution in [-0.2, 0) is 0 Å². The summed E-state index contributed by atoms with van der Waals surface area (Å²) in [4.78, 5) is 19.6. The Hall–Kier alpha value is -1.56. The van der Waals surface area contributed by atoms with Crippen LogP contribution in [0.1, 0.15) is 41.0 Å². The Kier molecular flexibility index (Phi) is 6.95. The third-order valence-electron chi connectivity index (χ3n) is 5.98. The number of hydrogen-bond acceptors (Lipinski definition) is 3. The minimum absolute atomic E-state index is 0. The maximum absolute atomic E-state index is 13.1. The second kappa shape index (κ2) is 8.63. The summed E-state index contributed by atoms with van der Waals surface area (Å²) in [6, 6.07) is 7.87. The van der Waals surface area contributed by atoms with Crippen LogP contribution in [-0.4, -0.2) is 46.5 Å². The normalized spacial score (nSPS) is 18.1. The zero-order valence-corrected chi connectivity index (χ0v) is 17.5. The first-order valence-corrected chi connectivity index (χ1v) is 9.20. The largest absolute Gasteiger partial charge is 0.339 e. The van der Waals surface area contributed by atoms with E-state index in [4.69, 9.17) is 0 Å². The average Bonchev–Trinajstić information content (AvgIpc) is 3.20. The van der Waals surface area contributed by atoms with Crippen LogP contribution in [0, 0.1) is 19.3 Å². The lowest BCUT2D eigenvalue weighted by Crippen LogP contribution is -2.44. The first-order valence-electron chi connectivity index (χ1n) is 9.20. The number of rotatable bonds is 2. The van der Waals surface area contributed by atoms with E-state index in [1.807, 2.05) is 43.0 Å². The summed E-state index contributed by atoms with van der Waals surface area (Å²) in [7, 11) is 0. The highest BCUT2D eigenvalue weighted by molar-refractivity contribution is 5.96. The van der Waals surface area contributed by atoms with E-state index >= 15 is 0 Å². The van der Waals surface area contributed by atoms with E-state index in [0.29, 0.717) is 5.41 Å². The van der Waals surface area contributed by atoms with Gasteiger partial charge >= 0.3 is 0 Å². The van der Waals surface area contributed by atoms with E-state index in [1.54, 1.807) is 6.20 Å². The van der Waals surface area contributed by atoms with Gasteiger partial charge in [-0.05, 0) is 63.3 Å². The molecule has 2 saturated heterocycles. The van der Waals surface area contributed by atoms with Crippen LogP contribution in [0.15, 0.2) is 30.5 Å². The maximum atomic E-state index is 13.1. The standard InChI is InChI=1S/C20H26N4O.2ClH/c1-15-13-17(16(2)24(15)18-5-3-4-9-22-18)19(25)23-11-7-20(8-12-23)6-10-21-14-20;;/h3-5,9,13,21H,6-8,10-12,14H2,1-2H3;2*1H. The molecule has 0 unspecified atom stereocenters. The molecule has 148 valence electrons. The maximum Gasteiger partial charge on any atom is 0.255 e. The van der Waals surface area contributed by atoms with Crippen LogP contribution < -0.4 is 5.32 Å². The predicted octanol–water partition coefficient (Wildman–Crippen LogP) is 3.55. The fourth-order valence-corrected chi connectivity index (χ4v) is 4.39. The summed E-state index contributed by atoms with van der Waals surface area (Å²) in [5.74, 6) is 1.03. The number of piperidine rings is 1. The smallest absolute Gasteiger partial charge is 0.255 e. The highest BCUT2D eigenvalue weighted by Gasteiger charge is 2.38. The van der Waals surface area contributed by atoms with Crippen molar-refractivity contribution in [1.29, 1.82) is 0 Å². The number of aryl methyl sites for hydroxylation is 1. The molecule has 2 fully saturated rings. The van der Waals surface area contributed by atoms with Gasteiger partial charge in [0.15, 0.2) is 0 Å². The lowest BCUT2D eigenvalue weighted by Gasteiger charge is -2.38. The zero-order valence-electron chi connectivity index (χ0n) is 15.9. The summed E-state index contributed by atoms with van der Waals surface area (Å²) in [5.41, 5.74) is 3.27. The third-order valence-corrected chi connectivity index (χ3v) is 5.98. The summed E-state index contributed by atoms with van der Waals surface area (Å²) in [5, 5.41) is 3.48. The van der Waals surface area contributed by atoms with E-state index in [-0.39, 0.29) is 30.7 Å². The molecule has 2 aliphatic rings. The van der Waals surface area contributed by atoms with Crippen LogP contribution in [0.4, 0.5) is 0 Å². The number of nitrogens with one attached hydrogen (secondary N) is 1. The molecule has 0 bridgehead atoms. The Morgan fingerprint density at radius 2 is 1.89 bits per heavy atom. The Morgan fingerprint density at radius 1 is 1.15 bits per heavy atom. The minimum atomic E-state index is 0. The second-order valence-corrected chi connectivity index (χ2v) is 7.53. The van der Waals surface area contributed by atoms with Gasteiger partial charge in [0.25, 0.3) is 5.91 Å². The van der Waals surface area contributed by atoms with Crippen molar-refractivity contribution in [2.75, 3.05) is 26.2 Å². The van der Waals surface area contributed by atoms with Crippen molar-refractivity contribution in [3.8, 4) is 5.82 Å². The molecular weight excluding hydrogens is 383 g/mol. The summed E-state index contributed by atoms with van der Waals surface area (Å²) < 4.78 is 2.07. The molecule has 0 aromatic carbocycles. The number of amides is 1. The Morgan fingerprint density at radius 3 is 2.48 bits per heavy atom. The molecule has 0 aliphatic carbocycles. The van der Waals surface area contributed by atoms with Crippen molar-refractivity contribution in [3.05, 3.63) is 47.4 Å². The van der Waals surface area contributed by atoms with Crippen LogP contribution in [0.2, 0.25) is 0 Å². The Bertz CT molecular complexity index is 775. The molecule has 4 rings (SSSR count). The molecule has 2 aromatic rings. The molecule has 27 heavy (non-hydrogen) atoms. The first kappa shape index (κ1) is 21.7. The van der Waals surface area contributed by atoms with E-state index < -0.39 is 0 Å². The number of pyridine rings is 1. The van der Waals surface area contributed by atoms with Crippen LogP contribution in [0.5, 0.6) is 0 Å². The molecule has 4 heterocycles. The number of hydrogen-bond donors (Lipinski definition) is 1. The number of carbonyl (C=O) groups excluding carboxylic acids is 1. The van der Waals surface area contributed by atoms with Crippen LogP contribution >= 0.6 is 24.8 Å². The quantitative estimate of drug-likeness (QED) is 0.823. The van der Waals surface area contributed by atoms with Crippen LogP contribution in [0.3, 0.4) is 0 Å². The van der Waals surface area contributed by atoms with Crippen molar-refractivity contribution in [3.63, 3.8) is 0 Å². The van der Waals surface area contributed by atoms with Gasteiger partial charge in [-0.25, -0.2) is 4.98 Å². The fraction of sp³-hybridized carbons (Fsp3) is 0.500. The fourth-order valence-electron chi connectivity index (χ4n) is 4.39. The van der Waals surface area contributed by atoms with E-state index in [0.717, 1.165) is 61.8 Å². The molecule has 0 atom stereocenters. The van der Waals surface area contributed by atoms with Crippen molar-refractivity contribution in [2.45, 2.75) is 33.1 Å². The van der Waals surface area contributed by atoms with Crippen molar-refractivity contribution < 1.29 is 4.79 Å². The van der Waals surface area contributed by atoms with Gasteiger partial charge in [0.2, 0.25) is 0 Å². The van der Waals surface area contributed by atoms with E-state index in [2.05, 4.69) is 14.9 Å². The summed E-state index contributed by atoms with van der Waals surface area (Å²) in [6.45, 7) is 8.03. The molecule has 1 amide bonds. The summed E-state index contributed by atoms with van der Waals surface area (Å²) in [6.07, 6.45) is 5.27. The van der Waals surface area contributed by atoms with Gasteiger partial charge in [0.05, 0.1) is 5.56 Å². The van der Waals surface area contributed by atoms with Gasteiger partial charge in [-0.1, -0.05) is 6.07 Å². The third kappa shape index (κ3) is 4.00. The molecule has 7 heteroatoms. The minimum Gasteiger partial charge on any atom is -0.339 e. The topological polar surface area (TPSA) is 50.2 Å². The number of likely N-dealkylation sites (tertiary alicyclic amines) is 1. The lowest BCUT2D eigenvalue weighted by atomic mass is 9.78. The SMILES string of the molecule is Cc1cc(C(=O)N2CCC3(CCNC3)CC2)c(C)n1-c1ccccn1.Cl.Cl. The predicted molar refractivity (Wildman–Crippen MR) is 113 cm³/mol. The molecule has 0 radical (unpaired) electrons. The van der Waals surface area contributed by atoms with Gasteiger partial charge in [0.1, 0.15) is 5.82 Å². The van der Waals surface area contributed by atoms with E-state index in [9.17, 15) is 4.79 Å². The monoisotopic (exact) mass is 410 g/mol. The van der Waals surface area contributed by atoms with Crippen molar-refractivity contribution in [1.82, 2.24) is 19.8 Å². The molecule has 5 nitrogen and oxygen atoms in total. The molecule has 0 saturated carbocycles. The lowest BCUT2D eigenvalue weighted by molar-refractivity contribution is 0.0607. The zero-order chi connectivity index (χ0) is 17.4. The van der Waals surface area contributed by atoms with Gasteiger partial charge in [-0.15, -0.1) is 24.8 Å². The van der Waals surface area contributed by atoms with Gasteiger partial charge in [0, 0.05) is 37.2 Å². The number of nitrogens with zero attached hydrogens (tertiary/aromatic N) is 3. The van der Waals surface area contributed by atoms with Crippen molar-refractivity contribution >= 4 is 30.7 Å². The molecular formula is C20H28Cl2N4O.